The zero-order chi connectivity index (χ0) is 8.97. The van der Waals surface area contributed by atoms with Gasteiger partial charge in [-0.2, -0.15) is 0 Å². The molecule has 0 bridgehead atoms. The fourth-order valence-corrected chi connectivity index (χ4v) is 2.58. The lowest BCUT2D eigenvalue weighted by molar-refractivity contribution is 0.359. The molecule has 1 rings (SSSR count). The summed E-state index contributed by atoms with van der Waals surface area (Å²) in [6, 6.07) is 0. The van der Waals surface area contributed by atoms with Crippen molar-refractivity contribution in [2.45, 2.75) is 52.4 Å². The first kappa shape index (κ1) is 9.83. The molecule has 0 aromatic heterocycles. The lowest BCUT2D eigenvalue weighted by Gasteiger charge is -2.18. The van der Waals surface area contributed by atoms with Crippen LogP contribution >= 0.6 is 0 Å². The number of hydrogen-bond acceptors (Lipinski definition) is 0. The van der Waals surface area contributed by atoms with E-state index in [1.807, 2.05) is 0 Å². The molecule has 1 saturated carbocycles. The van der Waals surface area contributed by atoms with E-state index in [0.29, 0.717) is 0 Å². The van der Waals surface area contributed by atoms with Crippen molar-refractivity contribution >= 4 is 0 Å². The third-order valence-electron chi connectivity index (χ3n) is 3.09. The van der Waals surface area contributed by atoms with E-state index in [2.05, 4.69) is 20.4 Å². The fraction of sp³-hybridized carbons (Fsp3) is 0.833. The Bertz CT molecular complexity index is 146. The molecule has 1 aliphatic rings. The minimum atomic E-state index is 0.974. The third kappa shape index (κ3) is 2.66. The van der Waals surface area contributed by atoms with Crippen molar-refractivity contribution < 1.29 is 0 Å². The molecule has 0 nitrogen and oxygen atoms in total. The Morgan fingerprint density at radius 2 is 2.00 bits per heavy atom. The summed E-state index contributed by atoms with van der Waals surface area (Å²) in [7, 11) is 0. The van der Waals surface area contributed by atoms with Gasteiger partial charge in [0.2, 0.25) is 0 Å². The van der Waals surface area contributed by atoms with Gasteiger partial charge in [0.1, 0.15) is 0 Å². The van der Waals surface area contributed by atoms with Crippen LogP contribution in [0.15, 0.2) is 12.2 Å². The van der Waals surface area contributed by atoms with Crippen molar-refractivity contribution in [2.75, 3.05) is 0 Å². The van der Waals surface area contributed by atoms with E-state index in [1.54, 1.807) is 0 Å². The van der Waals surface area contributed by atoms with Crippen LogP contribution in [-0.2, 0) is 0 Å². The average Bonchev–Trinajstić information content (AvgIpc) is 2.37. The van der Waals surface area contributed by atoms with E-state index in [4.69, 9.17) is 0 Å². The maximum atomic E-state index is 4.01. The van der Waals surface area contributed by atoms with Gasteiger partial charge < -0.3 is 0 Å². The van der Waals surface area contributed by atoms with Gasteiger partial charge in [0.05, 0.1) is 0 Å². The van der Waals surface area contributed by atoms with E-state index in [-0.39, 0.29) is 0 Å². The Morgan fingerprint density at radius 1 is 1.33 bits per heavy atom. The van der Waals surface area contributed by atoms with Crippen LogP contribution in [0, 0.1) is 11.8 Å². The third-order valence-corrected chi connectivity index (χ3v) is 3.09. The number of hydrogen-bond donors (Lipinski definition) is 0. The normalized spacial score (nSPS) is 29.2. The van der Waals surface area contributed by atoms with Gasteiger partial charge in [-0.3, -0.25) is 0 Å². The van der Waals surface area contributed by atoms with Crippen LogP contribution in [0.3, 0.4) is 0 Å². The summed E-state index contributed by atoms with van der Waals surface area (Å²) in [5.41, 5.74) is 1.38. The van der Waals surface area contributed by atoms with Gasteiger partial charge in [-0.05, 0) is 31.6 Å². The van der Waals surface area contributed by atoms with Crippen LogP contribution < -0.4 is 0 Å². The summed E-state index contributed by atoms with van der Waals surface area (Å²) in [5, 5.41) is 0. The molecule has 1 aliphatic carbocycles. The van der Waals surface area contributed by atoms with Gasteiger partial charge in [-0.15, -0.1) is 6.58 Å². The largest absolute Gasteiger partial charge is 0.100 e. The Morgan fingerprint density at radius 3 is 2.58 bits per heavy atom. The molecular weight excluding hydrogens is 144 g/mol. The van der Waals surface area contributed by atoms with Gasteiger partial charge in [0.25, 0.3) is 0 Å². The fourth-order valence-electron chi connectivity index (χ4n) is 2.58. The summed E-state index contributed by atoms with van der Waals surface area (Å²) < 4.78 is 0. The highest BCUT2D eigenvalue weighted by Gasteiger charge is 2.25. The number of allylic oxidation sites excluding steroid dienone is 1. The van der Waals surface area contributed by atoms with Crippen LogP contribution in [0.1, 0.15) is 52.4 Å². The Labute approximate surface area is 77.1 Å². The molecule has 0 heterocycles. The second-order valence-electron chi connectivity index (χ2n) is 4.40. The van der Waals surface area contributed by atoms with Crippen LogP contribution in [0.4, 0.5) is 0 Å². The average molecular weight is 166 g/mol. The smallest absolute Gasteiger partial charge is 0.0295 e. The van der Waals surface area contributed by atoms with E-state index in [9.17, 15) is 0 Å². The topological polar surface area (TPSA) is 0 Å². The molecule has 0 aromatic carbocycles. The minimum absolute atomic E-state index is 0.974. The Hall–Kier alpha value is -0.260. The minimum Gasteiger partial charge on any atom is -0.100 e. The molecule has 0 aromatic rings. The maximum absolute atomic E-state index is 4.01. The quantitative estimate of drug-likeness (QED) is 0.550. The highest BCUT2D eigenvalue weighted by Crippen LogP contribution is 2.38. The summed E-state index contributed by atoms with van der Waals surface area (Å²) >= 11 is 0. The molecule has 2 unspecified atom stereocenters. The van der Waals surface area contributed by atoms with Crippen molar-refractivity contribution in [3.8, 4) is 0 Å². The molecule has 0 N–H and O–H groups in total. The lowest BCUT2D eigenvalue weighted by Crippen LogP contribution is -2.07. The summed E-state index contributed by atoms with van der Waals surface area (Å²) in [6.07, 6.45) is 8.48. The van der Waals surface area contributed by atoms with Gasteiger partial charge in [-0.1, -0.05) is 38.2 Å². The molecule has 2 atom stereocenters. The van der Waals surface area contributed by atoms with Crippen LogP contribution in [0.2, 0.25) is 0 Å². The molecule has 1 fully saturated rings. The zero-order valence-electron chi connectivity index (χ0n) is 8.60. The predicted octanol–water partition coefficient (Wildman–Crippen LogP) is 4.17. The molecule has 0 amide bonds. The van der Waals surface area contributed by atoms with Crippen molar-refractivity contribution in [3.63, 3.8) is 0 Å². The first-order valence-corrected chi connectivity index (χ1v) is 5.38. The molecule has 0 saturated heterocycles. The first-order chi connectivity index (χ1) is 5.74. The predicted molar refractivity (Wildman–Crippen MR) is 55.2 cm³/mol. The van der Waals surface area contributed by atoms with Gasteiger partial charge in [-0.25, -0.2) is 0 Å². The maximum Gasteiger partial charge on any atom is -0.0295 e. The van der Waals surface area contributed by atoms with Gasteiger partial charge in [0, 0.05) is 0 Å². The van der Waals surface area contributed by atoms with E-state index < -0.39 is 0 Å². The van der Waals surface area contributed by atoms with Crippen molar-refractivity contribution in [3.05, 3.63) is 12.2 Å². The second kappa shape index (κ2) is 4.69. The standard InChI is InChI=1S/C12H22/c1-4-6-11-7-5-8-12(11)9-10(2)3/h11-12H,2,4-9H2,1,3H3. The molecule has 0 radical (unpaired) electrons. The first-order valence-electron chi connectivity index (χ1n) is 5.38. The second-order valence-corrected chi connectivity index (χ2v) is 4.40. The lowest BCUT2D eigenvalue weighted by atomic mass is 9.87. The summed E-state index contributed by atoms with van der Waals surface area (Å²) in [6.45, 7) is 8.48. The van der Waals surface area contributed by atoms with Crippen molar-refractivity contribution in [2.24, 2.45) is 11.8 Å². The monoisotopic (exact) mass is 166 g/mol. The molecular formula is C12H22. The van der Waals surface area contributed by atoms with Crippen LogP contribution in [0.5, 0.6) is 0 Å². The highest BCUT2D eigenvalue weighted by atomic mass is 14.3. The van der Waals surface area contributed by atoms with Gasteiger partial charge in [0.15, 0.2) is 0 Å². The van der Waals surface area contributed by atoms with E-state index >= 15 is 0 Å². The van der Waals surface area contributed by atoms with Crippen molar-refractivity contribution in [1.29, 1.82) is 0 Å². The number of rotatable bonds is 4. The highest BCUT2D eigenvalue weighted by molar-refractivity contribution is 4.93. The Kier molecular flexibility index (Phi) is 3.84. The summed E-state index contributed by atoms with van der Waals surface area (Å²) in [4.78, 5) is 0. The summed E-state index contributed by atoms with van der Waals surface area (Å²) in [5.74, 6) is 1.99. The van der Waals surface area contributed by atoms with E-state index in [1.165, 1.54) is 44.1 Å². The molecule has 12 heavy (non-hydrogen) atoms. The SMILES string of the molecule is C=C(C)CC1CCCC1CCC. The van der Waals surface area contributed by atoms with Crippen molar-refractivity contribution in [1.82, 2.24) is 0 Å². The van der Waals surface area contributed by atoms with Crippen LogP contribution in [-0.4, -0.2) is 0 Å². The molecule has 70 valence electrons. The van der Waals surface area contributed by atoms with E-state index in [0.717, 1.165) is 11.8 Å². The Balaban J connectivity index is 2.35. The van der Waals surface area contributed by atoms with Crippen LogP contribution in [0.25, 0.3) is 0 Å². The molecule has 0 aliphatic heterocycles. The molecule has 0 spiro atoms. The van der Waals surface area contributed by atoms with Gasteiger partial charge >= 0.3 is 0 Å². The zero-order valence-corrected chi connectivity index (χ0v) is 8.60. The molecule has 0 heteroatoms.